The molecular formula is H2Li2O3S. The van der Waals surface area contributed by atoms with Crippen LogP contribution < -0.4 is 0 Å². The summed E-state index contributed by atoms with van der Waals surface area (Å²) in [5, 5.41) is 0. The van der Waals surface area contributed by atoms with E-state index in [2.05, 4.69) is 0 Å². The van der Waals surface area contributed by atoms with Gasteiger partial charge in [-0.2, -0.15) is 4.21 Å². The third kappa shape index (κ3) is 59.9. The molecule has 2 N–H and O–H groups in total. The van der Waals surface area contributed by atoms with Gasteiger partial charge in [-0.05, 0) is 0 Å². The van der Waals surface area contributed by atoms with Crippen molar-refractivity contribution < 1.29 is 13.3 Å². The van der Waals surface area contributed by atoms with E-state index in [0.29, 0.717) is 0 Å². The Morgan fingerprint density at radius 2 is 1.17 bits per heavy atom. The van der Waals surface area contributed by atoms with E-state index < -0.39 is 11.4 Å². The average molecular weight is 96.0 g/mol. The SMILES string of the molecule is O=S(O)O.[Li].[Li]. The van der Waals surface area contributed by atoms with E-state index in [1.165, 1.54) is 0 Å². The first-order valence-corrected chi connectivity index (χ1v) is 1.60. The molecule has 0 bridgehead atoms. The zero-order valence-electron chi connectivity index (χ0n) is 3.71. The second-order valence-electron chi connectivity index (χ2n) is 0.231. The maximum atomic E-state index is 8.67. The van der Waals surface area contributed by atoms with Crippen molar-refractivity contribution >= 4 is 49.1 Å². The van der Waals surface area contributed by atoms with Crippen LogP contribution in [0, 0.1) is 0 Å². The van der Waals surface area contributed by atoms with E-state index in [4.69, 9.17) is 13.3 Å². The van der Waals surface area contributed by atoms with Gasteiger partial charge < -0.3 is 0 Å². The van der Waals surface area contributed by atoms with Crippen LogP contribution >= 0.6 is 0 Å². The summed E-state index contributed by atoms with van der Waals surface area (Å²) in [6, 6.07) is 0. The van der Waals surface area contributed by atoms with Crippen LogP contribution in [0.1, 0.15) is 0 Å². The molecule has 28 valence electrons. The number of hydrogen-bond donors (Lipinski definition) is 2. The fraction of sp³-hybridized carbons (Fsp3) is 0. The minimum Gasteiger partial charge on any atom is -0.284 e. The average Bonchev–Trinajstić information content (AvgIpc) is 0.811. The van der Waals surface area contributed by atoms with E-state index in [1.54, 1.807) is 0 Å². The van der Waals surface area contributed by atoms with Gasteiger partial charge in [-0.15, -0.1) is 0 Å². The standard InChI is InChI=1S/2Li.H2O3S/c;;1-4(2)3/h;;(H2,1,2,3). The third-order valence-electron chi connectivity index (χ3n) is 0. The van der Waals surface area contributed by atoms with Crippen LogP contribution in [0.4, 0.5) is 0 Å². The van der Waals surface area contributed by atoms with E-state index in [-0.39, 0.29) is 37.7 Å². The van der Waals surface area contributed by atoms with Gasteiger partial charge in [0.25, 0.3) is 11.4 Å². The molecule has 0 unspecified atom stereocenters. The second kappa shape index (κ2) is 9.55. The zero-order chi connectivity index (χ0) is 3.58. The van der Waals surface area contributed by atoms with E-state index >= 15 is 0 Å². The molecule has 0 spiro atoms. The third-order valence-corrected chi connectivity index (χ3v) is 0. The molecule has 0 fully saturated rings. The topological polar surface area (TPSA) is 57.5 Å². The Kier molecular flexibility index (Phi) is 24.9. The van der Waals surface area contributed by atoms with Crippen molar-refractivity contribution in [1.82, 2.24) is 0 Å². The molecule has 0 aliphatic heterocycles. The summed E-state index contributed by atoms with van der Waals surface area (Å²) in [6.07, 6.45) is 0. The Balaban J connectivity index is -0.0000000450. The van der Waals surface area contributed by atoms with Gasteiger partial charge in [0, 0.05) is 37.7 Å². The fourth-order valence-electron chi connectivity index (χ4n) is 0. The number of rotatable bonds is 0. The van der Waals surface area contributed by atoms with Crippen molar-refractivity contribution in [2.24, 2.45) is 0 Å². The predicted molar refractivity (Wildman–Crippen MR) is 24.9 cm³/mol. The monoisotopic (exact) mass is 96.0 g/mol. The van der Waals surface area contributed by atoms with Gasteiger partial charge in [-0.25, -0.2) is 0 Å². The van der Waals surface area contributed by atoms with Crippen LogP contribution in [0.2, 0.25) is 0 Å². The van der Waals surface area contributed by atoms with Crippen molar-refractivity contribution in [3.63, 3.8) is 0 Å². The van der Waals surface area contributed by atoms with Crippen molar-refractivity contribution in [3.8, 4) is 0 Å². The summed E-state index contributed by atoms with van der Waals surface area (Å²) in [5.41, 5.74) is 0. The van der Waals surface area contributed by atoms with Crippen LogP contribution in [0.15, 0.2) is 0 Å². The van der Waals surface area contributed by atoms with Crippen molar-refractivity contribution in [2.75, 3.05) is 0 Å². The second-order valence-corrected chi connectivity index (χ2v) is 0.692. The molecule has 2 radical (unpaired) electrons. The summed E-state index contributed by atoms with van der Waals surface area (Å²) < 4.78 is 22.8. The normalized spacial score (nSPS) is 5.83. The van der Waals surface area contributed by atoms with Gasteiger partial charge in [0.05, 0.1) is 0 Å². The Bertz CT molecular complexity index is 31.8. The van der Waals surface area contributed by atoms with Gasteiger partial charge in [0.2, 0.25) is 0 Å². The summed E-state index contributed by atoms with van der Waals surface area (Å²) in [5.74, 6) is 0. The van der Waals surface area contributed by atoms with Crippen LogP contribution in [0.5, 0.6) is 0 Å². The fourth-order valence-corrected chi connectivity index (χ4v) is 0. The molecule has 3 nitrogen and oxygen atoms in total. The van der Waals surface area contributed by atoms with Crippen LogP contribution in [-0.2, 0) is 11.4 Å². The van der Waals surface area contributed by atoms with E-state index in [1.807, 2.05) is 0 Å². The zero-order valence-corrected chi connectivity index (χ0v) is 4.53. The van der Waals surface area contributed by atoms with Gasteiger partial charge in [-0.3, -0.25) is 9.11 Å². The molecule has 0 saturated heterocycles. The minimum atomic E-state index is -2.61. The molecular weight excluding hydrogens is 93.9 g/mol. The van der Waals surface area contributed by atoms with Gasteiger partial charge in [-0.1, -0.05) is 0 Å². The van der Waals surface area contributed by atoms with Crippen LogP contribution in [0.3, 0.4) is 0 Å². The van der Waals surface area contributed by atoms with E-state index in [9.17, 15) is 0 Å². The maximum absolute atomic E-state index is 8.67. The smallest absolute Gasteiger partial charge is 0.284 e. The maximum Gasteiger partial charge on any atom is 0.299 e. The molecule has 0 aromatic rings. The summed E-state index contributed by atoms with van der Waals surface area (Å²) in [7, 11) is 0. The molecule has 0 aromatic carbocycles. The molecule has 6 heteroatoms. The molecule has 0 heterocycles. The van der Waals surface area contributed by atoms with Crippen molar-refractivity contribution in [2.45, 2.75) is 0 Å². The van der Waals surface area contributed by atoms with E-state index in [0.717, 1.165) is 0 Å². The van der Waals surface area contributed by atoms with Gasteiger partial charge >= 0.3 is 0 Å². The quantitative estimate of drug-likeness (QED) is 0.298. The molecule has 0 amide bonds. The Morgan fingerprint density at radius 1 is 1.17 bits per heavy atom. The van der Waals surface area contributed by atoms with Crippen LogP contribution in [0.25, 0.3) is 0 Å². The largest absolute Gasteiger partial charge is 0.299 e. The first-order valence-electron chi connectivity index (χ1n) is 0.532. The molecule has 6 heavy (non-hydrogen) atoms. The van der Waals surface area contributed by atoms with Gasteiger partial charge in [0.1, 0.15) is 0 Å². The molecule has 0 aliphatic carbocycles. The predicted octanol–water partition coefficient (Wildman–Crippen LogP) is -1.08. The molecule has 0 atom stereocenters. The summed E-state index contributed by atoms with van der Waals surface area (Å²) >= 11 is -2.61. The Labute approximate surface area is 62.4 Å². The van der Waals surface area contributed by atoms with Crippen molar-refractivity contribution in [1.29, 1.82) is 0 Å². The molecule has 0 saturated carbocycles. The summed E-state index contributed by atoms with van der Waals surface area (Å²) in [4.78, 5) is 0. The first-order chi connectivity index (χ1) is 1.73. The first kappa shape index (κ1) is 15.7. The number of hydrogen-bond acceptors (Lipinski definition) is 1. The van der Waals surface area contributed by atoms with Crippen molar-refractivity contribution in [3.05, 3.63) is 0 Å². The Hall–Kier alpha value is 1.26. The molecule has 0 rings (SSSR count). The van der Waals surface area contributed by atoms with Crippen LogP contribution in [-0.4, -0.2) is 51.0 Å². The van der Waals surface area contributed by atoms with Gasteiger partial charge in [0.15, 0.2) is 0 Å². The minimum absolute atomic E-state index is 0. The molecule has 0 aliphatic rings. The molecule has 0 aromatic heterocycles. The summed E-state index contributed by atoms with van der Waals surface area (Å²) in [6.45, 7) is 0. The Morgan fingerprint density at radius 3 is 1.17 bits per heavy atom.